The van der Waals surface area contributed by atoms with Gasteiger partial charge >= 0.3 is 0 Å². The van der Waals surface area contributed by atoms with Crippen molar-refractivity contribution in [1.29, 1.82) is 0 Å². The largest absolute Gasteiger partial charge is 0.252 e. The maximum Gasteiger partial charge on any atom is 0.0633 e. The molecule has 0 aliphatic heterocycles. The number of nitrogens with zero attached hydrogens (tertiary/aromatic N) is 2. The topological polar surface area (TPSA) is 24.7 Å². The van der Waals surface area contributed by atoms with Crippen LogP contribution in [-0.2, 0) is 12.8 Å². The predicted octanol–water partition coefficient (Wildman–Crippen LogP) is 13.5. The number of rotatable bonds is 25. The third-order valence-corrected chi connectivity index (χ3v) is 8.41. The zero-order valence-electron chi connectivity index (χ0n) is 28.1. The minimum absolute atomic E-state index is 0.999. The van der Waals surface area contributed by atoms with Crippen molar-refractivity contribution in [1.82, 2.24) is 0 Å². The van der Waals surface area contributed by atoms with Gasteiger partial charge in [0.15, 0.2) is 0 Å². The lowest BCUT2D eigenvalue weighted by atomic mass is 10.0. The van der Waals surface area contributed by atoms with Gasteiger partial charge < -0.3 is 0 Å². The first-order valence-corrected chi connectivity index (χ1v) is 18.0. The Kier molecular flexibility index (Phi) is 20.8. The normalized spacial score (nSPS) is 12.3. The second-order valence-corrected chi connectivity index (χ2v) is 12.4. The smallest absolute Gasteiger partial charge is 0.0633 e. The number of hydrogen-bond acceptors (Lipinski definition) is 2. The van der Waals surface area contributed by atoms with E-state index in [4.69, 9.17) is 9.98 Å². The molecule has 0 bridgehead atoms. The summed E-state index contributed by atoms with van der Waals surface area (Å²) in [6, 6.07) is 18.1. The van der Waals surface area contributed by atoms with Crippen molar-refractivity contribution in [3.05, 3.63) is 59.7 Å². The molecule has 0 aromatic heterocycles. The third-order valence-electron chi connectivity index (χ3n) is 8.41. The highest BCUT2D eigenvalue weighted by Crippen LogP contribution is 2.22. The molecule has 0 atom stereocenters. The van der Waals surface area contributed by atoms with E-state index < -0.39 is 0 Å². The molecule has 0 N–H and O–H groups in total. The van der Waals surface area contributed by atoms with Gasteiger partial charge in [0.1, 0.15) is 0 Å². The highest BCUT2D eigenvalue weighted by Gasteiger charge is 2.11. The fourth-order valence-corrected chi connectivity index (χ4v) is 5.60. The summed E-state index contributed by atoms with van der Waals surface area (Å²) in [7, 11) is 0. The monoisotopic (exact) mass is 573 g/mol. The van der Waals surface area contributed by atoms with Crippen molar-refractivity contribution in [3.8, 4) is 0 Å². The minimum Gasteiger partial charge on any atom is -0.252 e. The van der Waals surface area contributed by atoms with E-state index in [2.05, 4.69) is 76.2 Å². The SMILES string of the molecule is CCCCCCCCc1ccc(N=C(CCCC)C(CCCCCC)=Nc2ccc(CCCCCCCC)cc2)cc1. The predicted molar refractivity (Wildman–Crippen MR) is 190 cm³/mol. The van der Waals surface area contributed by atoms with Gasteiger partial charge in [0.25, 0.3) is 0 Å². The van der Waals surface area contributed by atoms with Crippen molar-refractivity contribution in [2.45, 2.75) is 169 Å². The summed E-state index contributed by atoms with van der Waals surface area (Å²) in [5, 5.41) is 0. The van der Waals surface area contributed by atoms with E-state index >= 15 is 0 Å². The fraction of sp³-hybridized carbons (Fsp3) is 0.650. The van der Waals surface area contributed by atoms with Gasteiger partial charge in [0, 0.05) is 0 Å². The molecule has 234 valence electrons. The van der Waals surface area contributed by atoms with Crippen LogP contribution in [0.4, 0.5) is 11.4 Å². The summed E-state index contributed by atoms with van der Waals surface area (Å²) in [5.74, 6) is 0. The van der Waals surface area contributed by atoms with Crippen LogP contribution < -0.4 is 0 Å². The summed E-state index contributed by atoms with van der Waals surface area (Å²) < 4.78 is 0. The highest BCUT2D eigenvalue weighted by atomic mass is 14.8. The van der Waals surface area contributed by atoms with Gasteiger partial charge in [-0.05, 0) is 86.8 Å². The van der Waals surface area contributed by atoms with Crippen molar-refractivity contribution in [2.24, 2.45) is 9.98 Å². The average molecular weight is 573 g/mol. The molecule has 42 heavy (non-hydrogen) atoms. The van der Waals surface area contributed by atoms with Crippen molar-refractivity contribution >= 4 is 22.8 Å². The summed E-state index contributed by atoms with van der Waals surface area (Å²) in [6.45, 7) is 9.13. The minimum atomic E-state index is 0.999. The van der Waals surface area contributed by atoms with Crippen LogP contribution in [0.2, 0.25) is 0 Å². The van der Waals surface area contributed by atoms with Crippen LogP contribution in [0.1, 0.15) is 167 Å². The van der Waals surface area contributed by atoms with Crippen LogP contribution in [0.3, 0.4) is 0 Å². The highest BCUT2D eigenvalue weighted by molar-refractivity contribution is 6.43. The van der Waals surface area contributed by atoms with Crippen LogP contribution in [0.5, 0.6) is 0 Å². The Balaban J connectivity index is 2.12. The number of unbranched alkanes of at least 4 members (excludes halogenated alkanes) is 14. The van der Waals surface area contributed by atoms with Crippen LogP contribution >= 0.6 is 0 Å². The Morgan fingerprint density at radius 1 is 0.381 bits per heavy atom. The molecule has 0 fully saturated rings. The molecule has 0 unspecified atom stereocenters. The van der Waals surface area contributed by atoms with Crippen LogP contribution in [0, 0.1) is 0 Å². The zero-order valence-corrected chi connectivity index (χ0v) is 28.1. The molecule has 0 spiro atoms. The Bertz CT molecular complexity index is 968. The Hall–Kier alpha value is -2.22. The van der Waals surface area contributed by atoms with Crippen LogP contribution in [0.25, 0.3) is 0 Å². The molecule has 2 rings (SSSR count). The second-order valence-electron chi connectivity index (χ2n) is 12.4. The number of aryl methyl sites for hydroxylation is 2. The van der Waals surface area contributed by atoms with E-state index in [0.29, 0.717) is 0 Å². The van der Waals surface area contributed by atoms with Crippen molar-refractivity contribution in [3.63, 3.8) is 0 Å². The second kappa shape index (κ2) is 24.2. The van der Waals surface area contributed by atoms with E-state index in [-0.39, 0.29) is 0 Å². The van der Waals surface area contributed by atoms with Crippen LogP contribution in [-0.4, -0.2) is 11.4 Å². The lowest BCUT2D eigenvalue weighted by Crippen LogP contribution is -2.14. The van der Waals surface area contributed by atoms with Crippen molar-refractivity contribution < 1.29 is 0 Å². The summed E-state index contributed by atoms with van der Waals surface area (Å²) in [6.07, 6.45) is 27.9. The molecule has 0 aliphatic rings. The quantitative estimate of drug-likeness (QED) is 0.0835. The van der Waals surface area contributed by atoms with E-state index in [1.807, 2.05) is 0 Å². The Morgan fingerprint density at radius 2 is 0.714 bits per heavy atom. The van der Waals surface area contributed by atoms with Crippen molar-refractivity contribution in [2.75, 3.05) is 0 Å². The molecule has 0 radical (unpaired) electrons. The standard InChI is InChI=1S/C40H64N2/c1-5-9-13-16-18-20-23-35-27-31-37(32-28-35)41-39(25-12-8-4)40(26-22-15-11-7-3)42-38-33-29-36(30-34-38)24-21-19-17-14-10-6-2/h27-34H,5-26H2,1-4H3. The van der Waals surface area contributed by atoms with Gasteiger partial charge in [0.05, 0.1) is 22.8 Å². The Labute approximate surface area is 260 Å². The maximum atomic E-state index is 5.25. The van der Waals surface area contributed by atoms with Crippen LogP contribution in [0.15, 0.2) is 58.5 Å². The molecular formula is C40H64N2. The summed E-state index contributed by atoms with van der Waals surface area (Å²) >= 11 is 0. The van der Waals surface area contributed by atoms with Gasteiger partial charge in [0.2, 0.25) is 0 Å². The lowest BCUT2D eigenvalue weighted by molar-refractivity contribution is 0.607. The van der Waals surface area contributed by atoms with Gasteiger partial charge in [-0.3, -0.25) is 9.98 Å². The van der Waals surface area contributed by atoms with E-state index in [1.165, 1.54) is 145 Å². The third kappa shape index (κ3) is 16.4. The maximum absolute atomic E-state index is 5.25. The Morgan fingerprint density at radius 3 is 1.12 bits per heavy atom. The average Bonchev–Trinajstić information content (AvgIpc) is 3.01. The first-order chi connectivity index (χ1) is 20.7. The molecule has 2 aromatic carbocycles. The fourth-order valence-electron chi connectivity index (χ4n) is 5.60. The molecule has 2 heteroatoms. The van der Waals surface area contributed by atoms with Gasteiger partial charge in [-0.1, -0.05) is 142 Å². The van der Waals surface area contributed by atoms with Gasteiger partial charge in [-0.15, -0.1) is 0 Å². The molecule has 0 saturated carbocycles. The molecule has 0 aliphatic carbocycles. The summed E-state index contributed by atoms with van der Waals surface area (Å²) in [4.78, 5) is 10.5. The molecule has 2 nitrogen and oxygen atoms in total. The molecule has 0 heterocycles. The van der Waals surface area contributed by atoms with E-state index in [9.17, 15) is 0 Å². The molecule has 0 saturated heterocycles. The number of benzene rings is 2. The lowest BCUT2D eigenvalue weighted by Gasteiger charge is -2.12. The van der Waals surface area contributed by atoms with E-state index in [1.54, 1.807) is 0 Å². The van der Waals surface area contributed by atoms with E-state index in [0.717, 1.165) is 30.6 Å². The van der Waals surface area contributed by atoms with Gasteiger partial charge in [-0.2, -0.15) is 0 Å². The number of hydrogen-bond donors (Lipinski definition) is 0. The first-order valence-electron chi connectivity index (χ1n) is 18.0. The summed E-state index contributed by atoms with van der Waals surface area (Å²) in [5.41, 5.74) is 7.41. The molecule has 0 amide bonds. The first kappa shape index (κ1) is 36.0. The number of aliphatic imine (C=N–C) groups is 2. The van der Waals surface area contributed by atoms with Gasteiger partial charge in [-0.25, -0.2) is 0 Å². The zero-order chi connectivity index (χ0) is 30.1. The molecular weight excluding hydrogens is 508 g/mol. The molecule has 2 aromatic rings.